The molecule has 0 radical (unpaired) electrons. The van der Waals surface area contributed by atoms with E-state index in [2.05, 4.69) is 15.0 Å². The monoisotopic (exact) mass is 282 g/mol. The van der Waals surface area contributed by atoms with E-state index in [0.29, 0.717) is 6.20 Å². The molecule has 0 saturated heterocycles. The molecule has 1 aromatic rings. The summed E-state index contributed by atoms with van der Waals surface area (Å²) in [6, 6.07) is 0.770. The fraction of sp³-hybridized carbons (Fsp3) is 0.400. The Balaban J connectivity index is 2.72. The zero-order valence-electron chi connectivity index (χ0n) is 9.34. The number of hydrogen-bond acceptors (Lipinski definition) is 3. The second-order valence-corrected chi connectivity index (χ2v) is 3.77. The third-order valence-corrected chi connectivity index (χ3v) is 2.30. The number of methoxy groups -OCH3 is 1. The van der Waals surface area contributed by atoms with Crippen molar-refractivity contribution in [3.63, 3.8) is 0 Å². The molecule has 1 heterocycles. The summed E-state index contributed by atoms with van der Waals surface area (Å²) in [4.78, 5) is 14.6. The van der Waals surface area contributed by atoms with E-state index < -0.39 is 17.6 Å². The lowest BCUT2D eigenvalue weighted by atomic mass is 10.2. The molecule has 1 N–H and O–H groups in total. The normalized spacial score (nSPS) is 11.4. The third-order valence-electron chi connectivity index (χ3n) is 1.97. The van der Waals surface area contributed by atoms with Gasteiger partial charge in [-0.05, 0) is 6.07 Å². The Labute approximate surface area is 106 Å². The highest BCUT2D eigenvalue weighted by Crippen LogP contribution is 2.30. The minimum Gasteiger partial charge on any atom is -0.375 e. The fourth-order valence-electron chi connectivity index (χ4n) is 1.12. The van der Waals surface area contributed by atoms with Crippen LogP contribution in [0.3, 0.4) is 0 Å². The number of nitrogens with one attached hydrogen (secondary N) is 1. The van der Waals surface area contributed by atoms with Gasteiger partial charge in [-0.15, -0.1) is 0 Å². The Hall–Kier alpha value is -1.34. The number of aromatic nitrogens is 1. The lowest BCUT2D eigenvalue weighted by Crippen LogP contribution is -2.27. The molecule has 0 fully saturated rings. The molecule has 0 aliphatic heterocycles. The minimum atomic E-state index is -4.49. The average molecular weight is 283 g/mol. The van der Waals surface area contributed by atoms with Gasteiger partial charge in [0.2, 0.25) is 5.91 Å². The number of alkyl halides is 3. The van der Waals surface area contributed by atoms with Crippen LogP contribution in [0.2, 0.25) is 5.02 Å². The molecule has 100 valence electrons. The van der Waals surface area contributed by atoms with E-state index in [0.717, 1.165) is 6.07 Å². The molecule has 0 aliphatic carbocycles. The van der Waals surface area contributed by atoms with Gasteiger partial charge in [-0.3, -0.25) is 9.78 Å². The predicted octanol–water partition coefficient (Wildman–Crippen LogP) is 2.02. The first kappa shape index (κ1) is 14.7. The quantitative estimate of drug-likeness (QED) is 0.919. The van der Waals surface area contributed by atoms with Crippen LogP contribution < -0.4 is 5.32 Å². The van der Waals surface area contributed by atoms with Crippen molar-refractivity contribution in [3.8, 4) is 0 Å². The maximum Gasteiger partial charge on any atom is 0.417 e. The van der Waals surface area contributed by atoms with Gasteiger partial charge in [0.1, 0.15) is 6.61 Å². The van der Waals surface area contributed by atoms with Gasteiger partial charge in [0.25, 0.3) is 0 Å². The summed E-state index contributed by atoms with van der Waals surface area (Å²) in [5.74, 6) is -0.407. The fourth-order valence-corrected chi connectivity index (χ4v) is 1.35. The predicted molar refractivity (Wildman–Crippen MR) is 58.0 cm³/mol. The van der Waals surface area contributed by atoms with Crippen molar-refractivity contribution in [3.05, 3.63) is 28.5 Å². The van der Waals surface area contributed by atoms with E-state index in [1.807, 2.05) is 0 Å². The summed E-state index contributed by atoms with van der Waals surface area (Å²) in [5.41, 5.74) is -0.770. The highest BCUT2D eigenvalue weighted by molar-refractivity contribution is 6.31. The second kappa shape index (κ2) is 6.01. The molecule has 18 heavy (non-hydrogen) atoms. The summed E-state index contributed by atoms with van der Waals surface area (Å²) >= 11 is 5.65. The summed E-state index contributed by atoms with van der Waals surface area (Å²) in [7, 11) is 1.35. The number of pyridine rings is 1. The first-order chi connectivity index (χ1) is 8.34. The molecule has 1 rings (SSSR count). The Kier molecular flexibility index (Phi) is 4.92. The maximum atomic E-state index is 12.3. The van der Waals surface area contributed by atoms with Crippen molar-refractivity contribution in [1.82, 2.24) is 10.3 Å². The number of carbonyl (C=O) groups is 1. The molecular formula is C10H10ClF3N2O2. The third kappa shape index (κ3) is 4.15. The second-order valence-electron chi connectivity index (χ2n) is 3.36. The minimum absolute atomic E-state index is 0.0564. The number of halogens is 4. The van der Waals surface area contributed by atoms with E-state index in [1.54, 1.807) is 0 Å². The van der Waals surface area contributed by atoms with Crippen molar-refractivity contribution >= 4 is 17.5 Å². The summed E-state index contributed by atoms with van der Waals surface area (Å²) < 4.78 is 41.6. The van der Waals surface area contributed by atoms with E-state index in [4.69, 9.17) is 11.6 Å². The van der Waals surface area contributed by atoms with E-state index in [-0.39, 0.29) is 23.9 Å². The molecule has 1 amide bonds. The van der Waals surface area contributed by atoms with Crippen molar-refractivity contribution in [2.75, 3.05) is 13.7 Å². The SMILES string of the molecule is COCC(=O)NCc1ncc(C(F)(F)F)cc1Cl. The number of amides is 1. The van der Waals surface area contributed by atoms with Crippen LogP contribution >= 0.6 is 11.6 Å². The van der Waals surface area contributed by atoms with Crippen LogP contribution in [0.4, 0.5) is 13.2 Å². The molecular weight excluding hydrogens is 273 g/mol. The van der Waals surface area contributed by atoms with E-state index in [9.17, 15) is 18.0 Å². The Morgan fingerprint density at radius 2 is 2.22 bits per heavy atom. The molecule has 0 unspecified atom stereocenters. The molecule has 0 aromatic carbocycles. The molecule has 0 bridgehead atoms. The first-order valence-corrected chi connectivity index (χ1v) is 5.19. The number of ether oxygens (including phenoxy) is 1. The molecule has 4 nitrogen and oxygen atoms in total. The molecule has 8 heteroatoms. The van der Waals surface area contributed by atoms with Crippen LogP contribution in [0.15, 0.2) is 12.3 Å². The van der Waals surface area contributed by atoms with Gasteiger partial charge in [-0.25, -0.2) is 0 Å². The summed E-state index contributed by atoms with van der Waals surface area (Å²) in [6.07, 6.45) is -3.82. The van der Waals surface area contributed by atoms with Gasteiger partial charge in [-0.1, -0.05) is 11.6 Å². The number of carbonyl (C=O) groups excluding carboxylic acids is 1. The van der Waals surface area contributed by atoms with E-state index >= 15 is 0 Å². The lowest BCUT2D eigenvalue weighted by Gasteiger charge is -2.09. The van der Waals surface area contributed by atoms with Crippen molar-refractivity contribution < 1.29 is 22.7 Å². The van der Waals surface area contributed by atoms with Crippen LogP contribution in [0.25, 0.3) is 0 Å². The van der Waals surface area contributed by atoms with E-state index in [1.165, 1.54) is 7.11 Å². The first-order valence-electron chi connectivity index (χ1n) is 4.82. The Bertz CT molecular complexity index is 438. The molecule has 0 aliphatic rings. The van der Waals surface area contributed by atoms with Crippen LogP contribution in [0.5, 0.6) is 0 Å². The molecule has 0 saturated carbocycles. The lowest BCUT2D eigenvalue weighted by molar-refractivity contribution is -0.137. The van der Waals surface area contributed by atoms with Crippen LogP contribution in [0, 0.1) is 0 Å². The van der Waals surface area contributed by atoms with Gasteiger partial charge in [0.05, 0.1) is 22.8 Å². The van der Waals surface area contributed by atoms with Crippen LogP contribution in [0.1, 0.15) is 11.3 Å². The molecule has 1 aromatic heterocycles. The summed E-state index contributed by atoms with van der Waals surface area (Å²) in [5, 5.41) is 2.26. The zero-order chi connectivity index (χ0) is 13.8. The van der Waals surface area contributed by atoms with Crippen LogP contribution in [-0.2, 0) is 22.3 Å². The smallest absolute Gasteiger partial charge is 0.375 e. The number of rotatable bonds is 4. The van der Waals surface area contributed by atoms with Gasteiger partial charge in [0.15, 0.2) is 0 Å². The standard InChI is InChI=1S/C10H10ClF3N2O2/c1-18-5-9(17)16-4-8-7(11)2-6(3-15-8)10(12,13)14/h2-3H,4-5H2,1H3,(H,16,17). The van der Waals surface area contributed by atoms with Gasteiger partial charge < -0.3 is 10.1 Å². The maximum absolute atomic E-state index is 12.3. The summed E-state index contributed by atoms with van der Waals surface area (Å²) in [6.45, 7) is -0.197. The van der Waals surface area contributed by atoms with Crippen molar-refractivity contribution in [2.24, 2.45) is 0 Å². The Morgan fingerprint density at radius 1 is 1.56 bits per heavy atom. The van der Waals surface area contributed by atoms with Crippen molar-refractivity contribution in [1.29, 1.82) is 0 Å². The number of nitrogens with zero attached hydrogens (tertiary/aromatic N) is 1. The van der Waals surface area contributed by atoms with Gasteiger partial charge >= 0.3 is 6.18 Å². The highest BCUT2D eigenvalue weighted by Gasteiger charge is 2.31. The average Bonchev–Trinajstić information content (AvgIpc) is 2.26. The Morgan fingerprint density at radius 3 is 2.72 bits per heavy atom. The van der Waals surface area contributed by atoms with Crippen molar-refractivity contribution in [2.45, 2.75) is 12.7 Å². The zero-order valence-corrected chi connectivity index (χ0v) is 10.1. The van der Waals surface area contributed by atoms with Crippen LogP contribution in [-0.4, -0.2) is 24.6 Å². The molecule has 0 atom stereocenters. The largest absolute Gasteiger partial charge is 0.417 e. The number of hydrogen-bond donors (Lipinski definition) is 1. The van der Waals surface area contributed by atoms with Gasteiger partial charge in [-0.2, -0.15) is 13.2 Å². The van der Waals surface area contributed by atoms with Gasteiger partial charge in [0, 0.05) is 13.3 Å². The highest BCUT2D eigenvalue weighted by atomic mass is 35.5. The topological polar surface area (TPSA) is 51.2 Å². The molecule has 0 spiro atoms.